The maximum absolute atomic E-state index is 13.8. The van der Waals surface area contributed by atoms with Crippen LogP contribution >= 0.6 is 23.2 Å². The number of amides is 1. The van der Waals surface area contributed by atoms with Gasteiger partial charge in [0.25, 0.3) is 5.91 Å². The molecule has 2 aromatic carbocycles. The second kappa shape index (κ2) is 7.83. The fourth-order valence-electron chi connectivity index (χ4n) is 5.60. The fraction of sp³-hybridized carbons (Fsp3) is 0.391. The van der Waals surface area contributed by atoms with Crippen molar-refractivity contribution in [3.63, 3.8) is 0 Å². The van der Waals surface area contributed by atoms with E-state index in [0.717, 1.165) is 12.8 Å². The Balaban J connectivity index is 1.81. The Morgan fingerprint density at radius 1 is 1.19 bits per heavy atom. The molecule has 2 aliphatic heterocycles. The third-order valence-corrected chi connectivity index (χ3v) is 7.44. The number of hydrogen-bond acceptors (Lipinski definition) is 5. The molecule has 0 radical (unpaired) electrons. The molecule has 2 heterocycles. The van der Waals surface area contributed by atoms with Crippen LogP contribution < -0.4 is 5.32 Å². The van der Waals surface area contributed by atoms with E-state index in [-0.39, 0.29) is 17.3 Å². The summed E-state index contributed by atoms with van der Waals surface area (Å²) in [5, 5.41) is 16.3. The number of fused-ring (bicyclic) bond motifs is 2. The number of halogens is 2. The molecule has 32 heavy (non-hydrogen) atoms. The summed E-state index contributed by atoms with van der Waals surface area (Å²) in [4.78, 5) is 39.6. The highest BCUT2D eigenvalue weighted by atomic mass is 35.5. The molecule has 1 amide bonds. The van der Waals surface area contributed by atoms with Gasteiger partial charge in [-0.3, -0.25) is 19.8 Å². The number of nitrogens with one attached hydrogen (secondary N) is 1. The van der Waals surface area contributed by atoms with E-state index in [4.69, 9.17) is 23.2 Å². The van der Waals surface area contributed by atoms with Crippen LogP contribution in [0.3, 0.4) is 0 Å². The molecule has 3 aliphatic rings. The molecule has 1 aliphatic carbocycles. The quantitative estimate of drug-likeness (QED) is 0.384. The van der Waals surface area contributed by atoms with E-state index >= 15 is 0 Å². The van der Waals surface area contributed by atoms with Crippen LogP contribution in [-0.2, 0) is 15.1 Å². The van der Waals surface area contributed by atoms with Gasteiger partial charge in [0.05, 0.1) is 12.0 Å². The van der Waals surface area contributed by atoms with Gasteiger partial charge in [-0.2, -0.15) is 0 Å². The first-order valence-electron chi connectivity index (χ1n) is 10.6. The summed E-state index contributed by atoms with van der Waals surface area (Å²) >= 11 is 12.5. The van der Waals surface area contributed by atoms with Crippen molar-refractivity contribution in [1.82, 2.24) is 4.90 Å². The zero-order valence-corrected chi connectivity index (χ0v) is 18.6. The summed E-state index contributed by atoms with van der Waals surface area (Å²) in [7, 11) is 0. The van der Waals surface area contributed by atoms with Crippen LogP contribution in [0.5, 0.6) is 0 Å². The molecule has 0 unspecified atom stereocenters. The number of nitrogens with zero attached hydrogens (tertiary/aromatic N) is 2. The third kappa shape index (κ3) is 3.14. The summed E-state index contributed by atoms with van der Waals surface area (Å²) in [6, 6.07) is 10.1. The summed E-state index contributed by atoms with van der Waals surface area (Å²) in [5.41, 5.74) is 0.465. The van der Waals surface area contributed by atoms with Gasteiger partial charge in [0.2, 0.25) is 6.04 Å². The number of nitro groups is 1. The number of hydrogen-bond donors (Lipinski definition) is 1. The van der Waals surface area contributed by atoms with Gasteiger partial charge in [0.1, 0.15) is 11.8 Å². The number of carbonyl (C=O) groups is 2. The number of anilines is 1. The number of benzene rings is 2. The Labute approximate surface area is 194 Å². The monoisotopic (exact) mass is 473 g/mol. The Morgan fingerprint density at radius 2 is 1.94 bits per heavy atom. The van der Waals surface area contributed by atoms with Crippen LogP contribution in [0.2, 0.25) is 10.0 Å². The average Bonchev–Trinajstić information content (AvgIpc) is 3.45. The molecule has 1 saturated carbocycles. The van der Waals surface area contributed by atoms with Gasteiger partial charge in [-0.25, -0.2) is 0 Å². The van der Waals surface area contributed by atoms with E-state index in [0.29, 0.717) is 45.6 Å². The van der Waals surface area contributed by atoms with Crippen molar-refractivity contribution >= 4 is 41.1 Å². The first-order chi connectivity index (χ1) is 15.4. The summed E-state index contributed by atoms with van der Waals surface area (Å²) in [6.07, 6.45) is 2.68. The van der Waals surface area contributed by atoms with E-state index in [2.05, 4.69) is 5.32 Å². The van der Waals surface area contributed by atoms with Crippen molar-refractivity contribution in [1.29, 1.82) is 0 Å². The summed E-state index contributed by atoms with van der Waals surface area (Å²) in [6.45, 7) is 0.509. The van der Waals surface area contributed by atoms with E-state index in [1.54, 1.807) is 42.5 Å². The first kappa shape index (κ1) is 21.4. The second-order valence-corrected chi connectivity index (χ2v) is 9.66. The van der Waals surface area contributed by atoms with Crippen molar-refractivity contribution < 1.29 is 14.5 Å². The van der Waals surface area contributed by atoms with Gasteiger partial charge in [-0.1, -0.05) is 41.4 Å². The first-order valence-corrected chi connectivity index (χ1v) is 11.3. The maximum atomic E-state index is 13.8. The average molecular weight is 474 g/mol. The van der Waals surface area contributed by atoms with E-state index in [9.17, 15) is 19.7 Å². The standard InChI is InChI=1S/C23H21Cl2N3O4/c24-15-3-1-2-14(10-15)20-21(28(31)32)19(8-9-29)27(12-13-4-5-13)23(20)17-7-6-16(25)11-18(17)26-22(23)30/h1-3,6-7,9-11,13,19-21H,4-5,8,12H2,(H,26,30)/t19-,20-,21+,23+/m0/s1. The Kier molecular flexibility index (Phi) is 5.23. The molecule has 5 rings (SSSR count). The lowest BCUT2D eigenvalue weighted by Crippen LogP contribution is -2.52. The smallest absolute Gasteiger partial charge is 0.250 e. The summed E-state index contributed by atoms with van der Waals surface area (Å²) in [5.74, 6) is -0.821. The van der Waals surface area contributed by atoms with E-state index in [1.165, 1.54) is 0 Å². The Hall–Kier alpha value is -2.48. The lowest BCUT2D eigenvalue weighted by Gasteiger charge is -2.38. The predicted molar refractivity (Wildman–Crippen MR) is 121 cm³/mol. The number of likely N-dealkylation sites (tertiary alicyclic amines) is 1. The molecule has 9 heteroatoms. The molecule has 7 nitrogen and oxygen atoms in total. The lowest BCUT2D eigenvalue weighted by atomic mass is 9.73. The molecule has 0 bridgehead atoms. The summed E-state index contributed by atoms with van der Waals surface area (Å²) < 4.78 is 0. The van der Waals surface area contributed by atoms with Crippen LogP contribution in [0, 0.1) is 16.0 Å². The highest BCUT2D eigenvalue weighted by Crippen LogP contribution is 2.59. The molecule has 4 atom stereocenters. The van der Waals surface area contributed by atoms with E-state index in [1.807, 2.05) is 4.90 Å². The Morgan fingerprint density at radius 3 is 2.59 bits per heavy atom. The molecule has 1 saturated heterocycles. The Bertz CT molecular complexity index is 1120. The molecule has 2 aromatic rings. The zero-order valence-electron chi connectivity index (χ0n) is 17.0. The fourth-order valence-corrected chi connectivity index (χ4v) is 5.97. The van der Waals surface area contributed by atoms with Gasteiger partial charge in [0, 0.05) is 39.2 Å². The SMILES string of the molecule is O=CC[C@H]1[C@@H]([N+](=O)[O-])[C@H](c2cccc(Cl)c2)[C@]2(C(=O)Nc3cc(Cl)ccc32)N1CC1CC1. The predicted octanol–water partition coefficient (Wildman–Crippen LogP) is 4.25. The van der Waals surface area contributed by atoms with Gasteiger partial charge < -0.3 is 10.1 Å². The lowest BCUT2D eigenvalue weighted by molar-refractivity contribution is -0.528. The number of rotatable bonds is 6. The second-order valence-electron chi connectivity index (χ2n) is 8.78. The van der Waals surface area contributed by atoms with Gasteiger partial charge in [0.15, 0.2) is 0 Å². The van der Waals surface area contributed by atoms with Crippen molar-refractivity contribution in [2.24, 2.45) is 5.92 Å². The van der Waals surface area contributed by atoms with Gasteiger partial charge in [-0.05, 0) is 48.6 Å². The minimum Gasteiger partial charge on any atom is -0.324 e. The topological polar surface area (TPSA) is 92.5 Å². The molecule has 0 aromatic heterocycles. The molecular weight excluding hydrogens is 453 g/mol. The number of aldehydes is 1. The highest BCUT2D eigenvalue weighted by molar-refractivity contribution is 6.31. The molecule has 1 spiro atoms. The third-order valence-electron chi connectivity index (χ3n) is 6.97. The van der Waals surface area contributed by atoms with Crippen molar-refractivity contribution in [2.45, 2.75) is 42.8 Å². The van der Waals surface area contributed by atoms with Crippen molar-refractivity contribution in [3.05, 3.63) is 73.8 Å². The van der Waals surface area contributed by atoms with Crippen LogP contribution in [0.4, 0.5) is 5.69 Å². The van der Waals surface area contributed by atoms with Crippen LogP contribution in [0.1, 0.15) is 36.3 Å². The normalized spacial score (nSPS) is 29.2. The molecular formula is C23H21Cl2N3O4. The zero-order chi connectivity index (χ0) is 22.6. The van der Waals surface area contributed by atoms with Crippen LogP contribution in [-0.4, -0.2) is 40.6 Å². The van der Waals surface area contributed by atoms with Crippen LogP contribution in [0.15, 0.2) is 42.5 Å². The van der Waals surface area contributed by atoms with Gasteiger partial charge in [-0.15, -0.1) is 0 Å². The molecule has 1 N–H and O–H groups in total. The van der Waals surface area contributed by atoms with Crippen molar-refractivity contribution in [3.8, 4) is 0 Å². The van der Waals surface area contributed by atoms with E-state index < -0.39 is 23.5 Å². The minimum absolute atomic E-state index is 0.0343. The molecule has 166 valence electrons. The van der Waals surface area contributed by atoms with Crippen LogP contribution in [0.25, 0.3) is 0 Å². The highest BCUT2D eigenvalue weighted by Gasteiger charge is 2.71. The molecule has 2 fully saturated rings. The van der Waals surface area contributed by atoms with Gasteiger partial charge >= 0.3 is 0 Å². The number of carbonyl (C=O) groups excluding carboxylic acids is 2. The maximum Gasteiger partial charge on any atom is 0.250 e. The van der Waals surface area contributed by atoms with Crippen molar-refractivity contribution in [2.75, 3.05) is 11.9 Å². The minimum atomic E-state index is -1.33. The largest absolute Gasteiger partial charge is 0.324 e.